The number of urea groups is 1. The number of aliphatic carboxylic acids is 1. The maximum absolute atomic E-state index is 11.6. The van der Waals surface area contributed by atoms with Crippen molar-refractivity contribution in [3.8, 4) is 0 Å². The van der Waals surface area contributed by atoms with E-state index in [-0.39, 0.29) is 24.7 Å². The molecule has 2 rings (SSSR count). The summed E-state index contributed by atoms with van der Waals surface area (Å²) in [7, 11) is 0. The minimum atomic E-state index is -0.907. The summed E-state index contributed by atoms with van der Waals surface area (Å²) in [4.78, 5) is 22.3. The number of carboxylic acid groups (broad SMARTS) is 1. The first-order chi connectivity index (χ1) is 8.58. The summed E-state index contributed by atoms with van der Waals surface area (Å²) in [6, 6.07) is -0.234. The molecule has 1 heterocycles. The Morgan fingerprint density at radius 2 is 2.11 bits per heavy atom. The minimum absolute atomic E-state index is 0.0673. The van der Waals surface area contributed by atoms with Crippen molar-refractivity contribution in [3.63, 3.8) is 0 Å². The molecule has 2 aliphatic rings. The molecule has 102 valence electrons. The van der Waals surface area contributed by atoms with E-state index in [2.05, 4.69) is 10.6 Å². The van der Waals surface area contributed by atoms with Gasteiger partial charge in [0.25, 0.3) is 0 Å². The van der Waals surface area contributed by atoms with Crippen LogP contribution < -0.4 is 10.6 Å². The van der Waals surface area contributed by atoms with Crippen LogP contribution in [0.5, 0.6) is 0 Å². The number of ether oxygens (including phenoxy) is 1. The topological polar surface area (TPSA) is 87.7 Å². The number of hydrogen-bond donors (Lipinski definition) is 3. The Labute approximate surface area is 106 Å². The zero-order valence-electron chi connectivity index (χ0n) is 10.5. The van der Waals surface area contributed by atoms with Gasteiger partial charge in [0.1, 0.15) is 0 Å². The molecule has 6 heteroatoms. The first kappa shape index (κ1) is 13.1. The lowest BCUT2D eigenvalue weighted by Gasteiger charge is -2.20. The van der Waals surface area contributed by atoms with Crippen LogP contribution in [0.2, 0.25) is 0 Å². The van der Waals surface area contributed by atoms with Crippen molar-refractivity contribution in [2.45, 2.75) is 38.3 Å². The fourth-order valence-corrected chi connectivity index (χ4v) is 2.21. The molecule has 18 heavy (non-hydrogen) atoms. The molecular formula is C12H20N2O4. The summed E-state index contributed by atoms with van der Waals surface area (Å²) < 4.78 is 5.62. The molecule has 1 aliphatic carbocycles. The van der Waals surface area contributed by atoms with Crippen molar-refractivity contribution in [3.05, 3.63) is 0 Å². The van der Waals surface area contributed by atoms with E-state index < -0.39 is 11.9 Å². The van der Waals surface area contributed by atoms with Crippen LogP contribution >= 0.6 is 0 Å². The SMILES string of the molecule is CC(CNC(=O)NC1CCOC1C1CC1)C(=O)O. The Morgan fingerprint density at radius 3 is 2.72 bits per heavy atom. The van der Waals surface area contributed by atoms with Gasteiger partial charge in [-0.25, -0.2) is 4.79 Å². The highest BCUT2D eigenvalue weighted by Crippen LogP contribution is 2.38. The second-order valence-corrected chi connectivity index (χ2v) is 5.16. The molecule has 3 unspecified atom stereocenters. The lowest BCUT2D eigenvalue weighted by Crippen LogP contribution is -2.47. The maximum atomic E-state index is 11.6. The summed E-state index contributed by atoms with van der Waals surface area (Å²) in [5.41, 5.74) is 0. The number of carbonyl (C=O) groups is 2. The van der Waals surface area contributed by atoms with E-state index >= 15 is 0 Å². The number of carbonyl (C=O) groups excluding carboxylic acids is 1. The Balaban J connectivity index is 1.71. The van der Waals surface area contributed by atoms with Gasteiger partial charge in [-0.2, -0.15) is 0 Å². The molecule has 0 aromatic carbocycles. The molecule has 3 N–H and O–H groups in total. The van der Waals surface area contributed by atoms with Crippen molar-refractivity contribution < 1.29 is 19.4 Å². The fourth-order valence-electron chi connectivity index (χ4n) is 2.21. The number of carboxylic acids is 1. The third kappa shape index (κ3) is 3.35. The Bertz CT molecular complexity index is 330. The lowest BCUT2D eigenvalue weighted by molar-refractivity contribution is -0.140. The zero-order valence-corrected chi connectivity index (χ0v) is 10.5. The van der Waals surface area contributed by atoms with Crippen LogP contribution in [0.3, 0.4) is 0 Å². The first-order valence-electron chi connectivity index (χ1n) is 6.46. The molecule has 0 radical (unpaired) electrons. The first-order valence-corrected chi connectivity index (χ1v) is 6.46. The molecule has 1 aliphatic heterocycles. The predicted molar refractivity (Wildman–Crippen MR) is 64.2 cm³/mol. The average Bonchev–Trinajstić information content (AvgIpc) is 3.07. The molecule has 0 bridgehead atoms. The summed E-state index contributed by atoms with van der Waals surface area (Å²) in [5, 5.41) is 14.2. The van der Waals surface area contributed by atoms with Crippen molar-refractivity contribution in [1.82, 2.24) is 10.6 Å². The number of nitrogens with one attached hydrogen (secondary N) is 2. The quantitative estimate of drug-likeness (QED) is 0.671. The standard InChI is InChI=1S/C12H20N2O4/c1-7(11(15)16)6-13-12(17)14-9-4-5-18-10(9)8-2-3-8/h7-10H,2-6H2,1H3,(H,15,16)(H2,13,14,17). The number of amides is 2. The van der Waals surface area contributed by atoms with Crippen molar-refractivity contribution in [2.75, 3.05) is 13.2 Å². The van der Waals surface area contributed by atoms with Gasteiger partial charge in [-0.15, -0.1) is 0 Å². The van der Waals surface area contributed by atoms with Crippen LogP contribution in [0.4, 0.5) is 4.79 Å². The van der Waals surface area contributed by atoms with Crippen molar-refractivity contribution in [2.24, 2.45) is 11.8 Å². The Hall–Kier alpha value is -1.30. The smallest absolute Gasteiger partial charge is 0.315 e. The van der Waals surface area contributed by atoms with Gasteiger partial charge in [-0.3, -0.25) is 4.79 Å². The highest BCUT2D eigenvalue weighted by atomic mass is 16.5. The largest absolute Gasteiger partial charge is 0.481 e. The monoisotopic (exact) mass is 256 g/mol. The summed E-state index contributed by atoms with van der Waals surface area (Å²) in [6.07, 6.45) is 3.34. The zero-order chi connectivity index (χ0) is 13.1. The molecule has 0 aromatic rings. The third-order valence-corrected chi connectivity index (χ3v) is 3.53. The molecule has 0 spiro atoms. The molecule has 1 saturated heterocycles. The predicted octanol–water partition coefficient (Wildman–Crippen LogP) is 0.574. The van der Waals surface area contributed by atoms with Gasteiger partial charge in [0.05, 0.1) is 18.1 Å². The van der Waals surface area contributed by atoms with Crippen molar-refractivity contribution >= 4 is 12.0 Å². The van der Waals surface area contributed by atoms with Crippen LogP contribution in [0, 0.1) is 11.8 Å². The van der Waals surface area contributed by atoms with E-state index in [1.807, 2.05) is 0 Å². The molecule has 2 amide bonds. The summed E-state index contributed by atoms with van der Waals surface area (Å²) >= 11 is 0. The van der Waals surface area contributed by atoms with Gasteiger partial charge in [-0.1, -0.05) is 6.92 Å². The normalized spacial score (nSPS) is 28.7. The van der Waals surface area contributed by atoms with E-state index in [4.69, 9.17) is 9.84 Å². The van der Waals surface area contributed by atoms with Gasteiger partial charge in [0.2, 0.25) is 0 Å². The highest BCUT2D eigenvalue weighted by Gasteiger charge is 2.41. The van der Waals surface area contributed by atoms with Gasteiger partial charge < -0.3 is 20.5 Å². The highest BCUT2D eigenvalue weighted by molar-refractivity contribution is 5.76. The minimum Gasteiger partial charge on any atom is -0.481 e. The summed E-state index contributed by atoms with van der Waals surface area (Å²) in [5.74, 6) is -0.888. The van der Waals surface area contributed by atoms with Crippen LogP contribution in [-0.2, 0) is 9.53 Å². The van der Waals surface area contributed by atoms with Gasteiger partial charge in [-0.05, 0) is 25.2 Å². The van der Waals surface area contributed by atoms with Crippen LogP contribution in [-0.4, -0.2) is 42.4 Å². The molecule has 3 atom stereocenters. The van der Waals surface area contributed by atoms with Gasteiger partial charge in [0.15, 0.2) is 0 Å². The molecule has 1 saturated carbocycles. The molecule has 0 aromatic heterocycles. The second-order valence-electron chi connectivity index (χ2n) is 5.16. The second kappa shape index (κ2) is 5.56. The van der Waals surface area contributed by atoms with Crippen LogP contribution in [0.25, 0.3) is 0 Å². The van der Waals surface area contributed by atoms with E-state index in [1.54, 1.807) is 6.92 Å². The van der Waals surface area contributed by atoms with E-state index in [0.29, 0.717) is 12.5 Å². The Morgan fingerprint density at radius 1 is 1.39 bits per heavy atom. The number of rotatable bonds is 5. The van der Waals surface area contributed by atoms with Crippen LogP contribution in [0.1, 0.15) is 26.2 Å². The van der Waals surface area contributed by atoms with Gasteiger partial charge in [0, 0.05) is 13.2 Å². The molecular weight excluding hydrogens is 236 g/mol. The van der Waals surface area contributed by atoms with Crippen molar-refractivity contribution in [1.29, 1.82) is 0 Å². The average molecular weight is 256 g/mol. The fraction of sp³-hybridized carbons (Fsp3) is 0.833. The molecule has 6 nitrogen and oxygen atoms in total. The summed E-state index contributed by atoms with van der Waals surface area (Å²) in [6.45, 7) is 2.40. The van der Waals surface area contributed by atoms with E-state index in [9.17, 15) is 9.59 Å². The van der Waals surface area contributed by atoms with Gasteiger partial charge >= 0.3 is 12.0 Å². The Kier molecular flexibility index (Phi) is 4.06. The van der Waals surface area contributed by atoms with E-state index in [1.165, 1.54) is 12.8 Å². The molecule has 2 fully saturated rings. The maximum Gasteiger partial charge on any atom is 0.315 e. The third-order valence-electron chi connectivity index (χ3n) is 3.53. The van der Waals surface area contributed by atoms with E-state index in [0.717, 1.165) is 6.42 Å². The lowest BCUT2D eigenvalue weighted by atomic mass is 10.1. The van der Waals surface area contributed by atoms with Crippen LogP contribution in [0.15, 0.2) is 0 Å². The number of hydrogen-bond acceptors (Lipinski definition) is 3.